The molecule has 4 aromatic rings. The van der Waals surface area contributed by atoms with Gasteiger partial charge in [-0.3, -0.25) is 0 Å². The molecule has 0 heterocycles. The predicted molar refractivity (Wildman–Crippen MR) is 146 cm³/mol. The fraction of sp³-hybridized carbons (Fsp3) is 0.188. The highest BCUT2D eigenvalue weighted by Crippen LogP contribution is 2.48. The van der Waals surface area contributed by atoms with Crippen molar-refractivity contribution < 1.29 is 0 Å². The molecule has 0 amide bonds. The Hall–Kier alpha value is -2.90. The molecule has 0 nitrogen and oxygen atoms in total. The summed E-state index contributed by atoms with van der Waals surface area (Å²) in [6.45, 7) is 4.61. The summed E-state index contributed by atoms with van der Waals surface area (Å²) in [5.41, 5.74) is 11.4. The van der Waals surface area contributed by atoms with Gasteiger partial charge in [-0.05, 0) is 76.9 Å². The first-order chi connectivity index (χ1) is 16.1. The second-order valence-electron chi connectivity index (χ2n) is 9.54. The van der Waals surface area contributed by atoms with Crippen LogP contribution in [-0.2, 0) is 0 Å². The lowest BCUT2D eigenvalue weighted by atomic mass is 9.84. The summed E-state index contributed by atoms with van der Waals surface area (Å²) in [5.74, 6) is 1.02. The van der Waals surface area contributed by atoms with E-state index in [1.54, 1.807) is 0 Å². The van der Waals surface area contributed by atoms with Crippen molar-refractivity contribution in [2.75, 3.05) is 0 Å². The van der Waals surface area contributed by atoms with Crippen molar-refractivity contribution >= 4 is 38.9 Å². The molecule has 0 bridgehead atoms. The number of benzene rings is 4. The number of rotatable bonds is 4. The van der Waals surface area contributed by atoms with E-state index < -0.39 is 0 Å². The third-order valence-electron chi connectivity index (χ3n) is 7.64. The number of fused-ring (bicyclic) bond motifs is 3. The number of allylic oxidation sites excluding steroid dienone is 2. The van der Waals surface area contributed by atoms with Gasteiger partial charge < -0.3 is 0 Å². The normalized spacial score (nSPS) is 18.8. The molecule has 0 radical (unpaired) electrons. The zero-order valence-corrected chi connectivity index (χ0v) is 20.7. The molecule has 33 heavy (non-hydrogen) atoms. The molecule has 0 fully saturated rings. The van der Waals surface area contributed by atoms with Crippen LogP contribution in [-0.4, -0.2) is 0 Å². The summed E-state index contributed by atoms with van der Waals surface area (Å²) in [4.78, 5) is 0. The number of halogens is 1. The van der Waals surface area contributed by atoms with Crippen LogP contribution in [0.4, 0.5) is 0 Å². The van der Waals surface area contributed by atoms with Crippen LogP contribution in [0.15, 0.2) is 94.5 Å². The van der Waals surface area contributed by atoms with E-state index in [1.165, 1.54) is 72.6 Å². The van der Waals surface area contributed by atoms with Crippen LogP contribution in [0, 0.1) is 0 Å². The molecule has 0 saturated heterocycles. The van der Waals surface area contributed by atoms with E-state index >= 15 is 0 Å². The fourth-order valence-corrected chi connectivity index (χ4v) is 6.50. The molecule has 0 saturated carbocycles. The summed E-state index contributed by atoms with van der Waals surface area (Å²) in [6.07, 6.45) is 7.17. The van der Waals surface area contributed by atoms with E-state index in [9.17, 15) is 0 Å². The van der Waals surface area contributed by atoms with E-state index in [0.717, 1.165) is 0 Å². The van der Waals surface area contributed by atoms with Gasteiger partial charge in [-0.15, -0.1) is 0 Å². The maximum Gasteiger partial charge on any atom is 0.0250 e. The third kappa shape index (κ3) is 3.42. The molecular weight excluding hydrogens is 464 g/mol. The lowest BCUT2D eigenvalue weighted by Gasteiger charge is -2.20. The smallest absolute Gasteiger partial charge is 0.0250 e. The van der Waals surface area contributed by atoms with Crippen LogP contribution in [0.3, 0.4) is 0 Å². The van der Waals surface area contributed by atoms with E-state index in [0.29, 0.717) is 11.8 Å². The average molecular weight is 491 g/mol. The quantitative estimate of drug-likeness (QED) is 0.267. The molecule has 2 aliphatic rings. The van der Waals surface area contributed by atoms with Gasteiger partial charge in [0.15, 0.2) is 0 Å². The molecule has 6 rings (SSSR count). The van der Waals surface area contributed by atoms with Crippen LogP contribution in [0.25, 0.3) is 34.1 Å². The van der Waals surface area contributed by atoms with Gasteiger partial charge in [0.2, 0.25) is 0 Å². The summed E-state index contributed by atoms with van der Waals surface area (Å²) in [5, 5.41) is 2.63. The van der Waals surface area contributed by atoms with E-state index in [1.807, 2.05) is 0 Å². The Balaban J connectivity index is 1.34. The van der Waals surface area contributed by atoms with Crippen molar-refractivity contribution in [3.63, 3.8) is 0 Å². The van der Waals surface area contributed by atoms with Crippen molar-refractivity contribution in [3.05, 3.63) is 117 Å². The molecule has 0 N–H and O–H groups in total. The van der Waals surface area contributed by atoms with E-state index in [-0.39, 0.29) is 0 Å². The lowest BCUT2D eigenvalue weighted by Crippen LogP contribution is -2.03. The summed E-state index contributed by atoms with van der Waals surface area (Å²) in [7, 11) is 0. The molecule has 2 unspecified atom stereocenters. The molecule has 2 aliphatic carbocycles. The Kier molecular flexibility index (Phi) is 5.11. The Labute approximate surface area is 204 Å². The van der Waals surface area contributed by atoms with Crippen molar-refractivity contribution in [2.24, 2.45) is 0 Å². The minimum absolute atomic E-state index is 0.499. The van der Waals surface area contributed by atoms with Crippen LogP contribution in [0.5, 0.6) is 0 Å². The Morgan fingerprint density at radius 1 is 0.606 bits per heavy atom. The molecule has 2 atom stereocenters. The van der Waals surface area contributed by atoms with Crippen LogP contribution in [0.1, 0.15) is 60.8 Å². The molecule has 1 heteroatoms. The molecule has 0 spiro atoms. The maximum atomic E-state index is 3.74. The maximum absolute atomic E-state index is 3.74. The molecule has 162 valence electrons. The Morgan fingerprint density at radius 2 is 1.18 bits per heavy atom. The highest BCUT2D eigenvalue weighted by Gasteiger charge is 2.29. The Bertz CT molecular complexity index is 1450. The molecule has 4 aromatic carbocycles. The van der Waals surface area contributed by atoms with Crippen LogP contribution < -0.4 is 0 Å². The highest BCUT2D eigenvalue weighted by atomic mass is 79.9. The highest BCUT2D eigenvalue weighted by molar-refractivity contribution is 9.10. The zero-order chi connectivity index (χ0) is 22.5. The molecular formula is C32H27Br. The number of hydrogen-bond donors (Lipinski definition) is 0. The minimum atomic E-state index is 0.499. The second-order valence-corrected chi connectivity index (χ2v) is 10.4. The van der Waals surface area contributed by atoms with Gasteiger partial charge in [0, 0.05) is 16.3 Å². The van der Waals surface area contributed by atoms with Gasteiger partial charge in [-0.1, -0.05) is 112 Å². The van der Waals surface area contributed by atoms with Gasteiger partial charge in [0.1, 0.15) is 0 Å². The van der Waals surface area contributed by atoms with Gasteiger partial charge in [0.05, 0.1) is 0 Å². The van der Waals surface area contributed by atoms with Crippen molar-refractivity contribution in [2.45, 2.75) is 38.5 Å². The second kappa shape index (κ2) is 8.15. The topological polar surface area (TPSA) is 0 Å². The van der Waals surface area contributed by atoms with E-state index in [4.69, 9.17) is 0 Å². The SMILES string of the molecule is CC1=Cc2c(Br)cccc2C1CCC1C(C)=Cc2c(-c3cccc4ccccc34)cccc21. The third-order valence-corrected chi connectivity index (χ3v) is 8.34. The van der Waals surface area contributed by atoms with Gasteiger partial charge in [0.25, 0.3) is 0 Å². The van der Waals surface area contributed by atoms with Crippen molar-refractivity contribution in [1.82, 2.24) is 0 Å². The lowest BCUT2D eigenvalue weighted by molar-refractivity contribution is 0.611. The summed E-state index contributed by atoms with van der Waals surface area (Å²) in [6, 6.07) is 28.9. The van der Waals surface area contributed by atoms with Crippen LogP contribution >= 0.6 is 15.9 Å². The first kappa shape index (κ1) is 20.7. The van der Waals surface area contributed by atoms with Crippen molar-refractivity contribution in [1.29, 1.82) is 0 Å². The number of hydrogen-bond acceptors (Lipinski definition) is 0. The molecule has 0 aliphatic heterocycles. The molecule has 0 aromatic heterocycles. The van der Waals surface area contributed by atoms with Crippen LogP contribution in [0.2, 0.25) is 0 Å². The largest absolute Gasteiger partial charge is 0.0652 e. The monoisotopic (exact) mass is 490 g/mol. The fourth-order valence-electron chi connectivity index (χ4n) is 6.00. The predicted octanol–water partition coefficient (Wildman–Crippen LogP) is 9.75. The summed E-state index contributed by atoms with van der Waals surface area (Å²) < 4.78 is 1.21. The van der Waals surface area contributed by atoms with Gasteiger partial charge in [-0.25, -0.2) is 0 Å². The minimum Gasteiger partial charge on any atom is -0.0652 e. The average Bonchev–Trinajstić information content (AvgIpc) is 3.33. The first-order valence-corrected chi connectivity index (χ1v) is 12.7. The Morgan fingerprint density at radius 3 is 1.97 bits per heavy atom. The summed E-state index contributed by atoms with van der Waals surface area (Å²) >= 11 is 3.74. The standard InChI is InChI=1S/C32H27Br/c1-20-18-30-26(12-6-13-29(30)28-11-5-9-22-8-3-4-10-25(22)28)23(20)16-17-24-21(2)19-31-27(24)14-7-15-32(31)33/h3-15,18-19,23-24H,16-17H2,1-2H3. The van der Waals surface area contributed by atoms with E-state index in [2.05, 4.69) is 121 Å². The van der Waals surface area contributed by atoms with Gasteiger partial charge in [-0.2, -0.15) is 0 Å². The zero-order valence-electron chi connectivity index (χ0n) is 19.1. The first-order valence-electron chi connectivity index (χ1n) is 11.9. The van der Waals surface area contributed by atoms with Crippen molar-refractivity contribution in [3.8, 4) is 11.1 Å². The van der Waals surface area contributed by atoms with Gasteiger partial charge >= 0.3 is 0 Å².